The second-order valence-corrected chi connectivity index (χ2v) is 5.83. The first-order valence-electron chi connectivity index (χ1n) is 6.24. The van der Waals surface area contributed by atoms with E-state index in [-0.39, 0.29) is 22.6 Å². The summed E-state index contributed by atoms with van der Waals surface area (Å²) in [6, 6.07) is 6.07. The van der Waals surface area contributed by atoms with Crippen LogP contribution in [0.25, 0.3) is 0 Å². The number of benzene rings is 1. The van der Waals surface area contributed by atoms with Crippen molar-refractivity contribution in [3.05, 3.63) is 35.4 Å². The van der Waals surface area contributed by atoms with Crippen LogP contribution in [0, 0.1) is 5.41 Å². The third-order valence-electron chi connectivity index (χ3n) is 2.59. The van der Waals surface area contributed by atoms with Gasteiger partial charge in [-0.2, -0.15) is 0 Å². The van der Waals surface area contributed by atoms with Gasteiger partial charge in [0.05, 0.1) is 17.2 Å². The van der Waals surface area contributed by atoms with Gasteiger partial charge in [0.15, 0.2) is 0 Å². The summed E-state index contributed by atoms with van der Waals surface area (Å²) in [7, 11) is 0. The number of hydrogen-bond donors (Lipinski definition) is 1. The van der Waals surface area contributed by atoms with Crippen molar-refractivity contribution >= 4 is 11.9 Å². The molecule has 0 unspecified atom stereocenters. The highest BCUT2D eigenvalue weighted by atomic mass is 16.5. The molecule has 0 fully saturated rings. The van der Waals surface area contributed by atoms with Gasteiger partial charge in [-0.3, -0.25) is 0 Å². The molecule has 1 rings (SSSR count). The fourth-order valence-corrected chi connectivity index (χ4v) is 2.00. The number of aromatic carboxylic acids is 1. The summed E-state index contributed by atoms with van der Waals surface area (Å²) in [5, 5.41) is 9.03. The van der Waals surface area contributed by atoms with Crippen molar-refractivity contribution in [2.24, 2.45) is 5.41 Å². The van der Waals surface area contributed by atoms with E-state index in [0.29, 0.717) is 6.42 Å². The lowest BCUT2D eigenvalue weighted by Crippen LogP contribution is -2.22. The Labute approximate surface area is 113 Å². The summed E-state index contributed by atoms with van der Waals surface area (Å²) in [6.45, 7) is 7.99. The number of carbonyl (C=O) groups excluding carboxylic acids is 1. The van der Waals surface area contributed by atoms with Gasteiger partial charge in [0.2, 0.25) is 0 Å². The van der Waals surface area contributed by atoms with E-state index in [0.717, 1.165) is 0 Å². The van der Waals surface area contributed by atoms with Crippen molar-refractivity contribution in [1.82, 2.24) is 0 Å². The van der Waals surface area contributed by atoms with Gasteiger partial charge in [-0.25, -0.2) is 9.59 Å². The molecule has 0 amide bonds. The minimum absolute atomic E-state index is 0.0320. The molecule has 0 saturated heterocycles. The van der Waals surface area contributed by atoms with Crippen molar-refractivity contribution in [1.29, 1.82) is 0 Å². The van der Waals surface area contributed by atoms with Crippen molar-refractivity contribution < 1.29 is 19.4 Å². The molecule has 1 N–H and O–H groups in total. The maximum absolute atomic E-state index is 12.0. The van der Waals surface area contributed by atoms with Gasteiger partial charge in [-0.15, -0.1) is 0 Å². The fourth-order valence-electron chi connectivity index (χ4n) is 2.00. The number of ether oxygens (including phenoxy) is 1. The summed E-state index contributed by atoms with van der Waals surface area (Å²) in [4.78, 5) is 23.0. The quantitative estimate of drug-likeness (QED) is 0.847. The summed E-state index contributed by atoms with van der Waals surface area (Å²) < 4.78 is 5.30. The molecule has 0 saturated carbocycles. The van der Waals surface area contributed by atoms with E-state index >= 15 is 0 Å². The van der Waals surface area contributed by atoms with Crippen molar-refractivity contribution in [2.45, 2.75) is 40.2 Å². The zero-order valence-electron chi connectivity index (χ0n) is 11.8. The molecule has 0 aliphatic heterocycles. The number of hydrogen-bond acceptors (Lipinski definition) is 3. The normalized spacial score (nSPS) is 12.8. The van der Waals surface area contributed by atoms with Crippen LogP contribution in [-0.4, -0.2) is 23.1 Å². The molecule has 0 aromatic heterocycles. The highest BCUT2D eigenvalue weighted by Gasteiger charge is 2.22. The van der Waals surface area contributed by atoms with E-state index in [1.54, 1.807) is 12.1 Å². The third-order valence-corrected chi connectivity index (χ3v) is 2.59. The molecule has 19 heavy (non-hydrogen) atoms. The van der Waals surface area contributed by atoms with Crippen LogP contribution in [0.2, 0.25) is 0 Å². The van der Waals surface area contributed by atoms with Crippen LogP contribution >= 0.6 is 0 Å². The Balaban J connectivity index is 2.82. The molecule has 1 aromatic carbocycles. The van der Waals surface area contributed by atoms with E-state index in [4.69, 9.17) is 9.84 Å². The van der Waals surface area contributed by atoms with Crippen LogP contribution in [0.4, 0.5) is 0 Å². The van der Waals surface area contributed by atoms with E-state index in [1.165, 1.54) is 12.1 Å². The maximum Gasteiger partial charge on any atom is 0.339 e. The van der Waals surface area contributed by atoms with Gasteiger partial charge < -0.3 is 9.84 Å². The Kier molecular flexibility index (Phi) is 4.70. The molecule has 4 nitrogen and oxygen atoms in total. The molecule has 1 aromatic rings. The Bertz CT molecular complexity index is 471. The molecular weight excluding hydrogens is 244 g/mol. The molecule has 1 atom stereocenters. The second-order valence-electron chi connectivity index (χ2n) is 5.83. The number of rotatable bonds is 4. The first kappa shape index (κ1) is 15.2. The van der Waals surface area contributed by atoms with Crippen molar-refractivity contribution in [3.8, 4) is 0 Å². The summed E-state index contributed by atoms with van der Waals surface area (Å²) in [6.07, 6.45) is 0.461. The molecule has 0 aliphatic rings. The van der Waals surface area contributed by atoms with Gasteiger partial charge >= 0.3 is 11.9 Å². The highest BCUT2D eigenvalue weighted by Crippen LogP contribution is 2.23. The lowest BCUT2D eigenvalue weighted by molar-refractivity contribution is 0.0248. The molecule has 104 valence electrons. The Morgan fingerprint density at radius 2 is 1.74 bits per heavy atom. The van der Waals surface area contributed by atoms with Gasteiger partial charge in [0, 0.05) is 0 Å². The number of carbonyl (C=O) groups is 2. The topological polar surface area (TPSA) is 63.6 Å². The average molecular weight is 264 g/mol. The van der Waals surface area contributed by atoms with Crippen LogP contribution in [0.3, 0.4) is 0 Å². The first-order valence-corrected chi connectivity index (χ1v) is 6.24. The Morgan fingerprint density at radius 3 is 2.21 bits per heavy atom. The molecule has 0 bridgehead atoms. The van der Waals surface area contributed by atoms with E-state index < -0.39 is 11.9 Å². The number of esters is 1. The van der Waals surface area contributed by atoms with Crippen LogP contribution in [0.5, 0.6) is 0 Å². The minimum Gasteiger partial charge on any atom is -0.478 e. The zero-order valence-corrected chi connectivity index (χ0v) is 11.8. The molecular formula is C15H20O4. The fraction of sp³-hybridized carbons (Fsp3) is 0.467. The van der Waals surface area contributed by atoms with Crippen LogP contribution in [0.1, 0.15) is 54.8 Å². The van der Waals surface area contributed by atoms with E-state index in [9.17, 15) is 9.59 Å². The average Bonchev–Trinajstić information content (AvgIpc) is 2.26. The summed E-state index contributed by atoms with van der Waals surface area (Å²) in [5.41, 5.74) is 0.109. The van der Waals surface area contributed by atoms with E-state index in [2.05, 4.69) is 20.8 Å². The predicted octanol–water partition coefficient (Wildman–Crippen LogP) is 3.37. The predicted molar refractivity (Wildman–Crippen MR) is 72.4 cm³/mol. The van der Waals surface area contributed by atoms with E-state index in [1.807, 2.05) is 6.92 Å². The first-order chi connectivity index (χ1) is 8.70. The molecule has 0 spiro atoms. The van der Waals surface area contributed by atoms with Gasteiger partial charge in [-0.1, -0.05) is 32.9 Å². The van der Waals surface area contributed by atoms with Gasteiger partial charge in [0.25, 0.3) is 0 Å². The van der Waals surface area contributed by atoms with Gasteiger partial charge in [0.1, 0.15) is 0 Å². The maximum atomic E-state index is 12.0. The molecule has 0 aliphatic carbocycles. The monoisotopic (exact) mass is 264 g/mol. The third kappa shape index (κ3) is 4.73. The van der Waals surface area contributed by atoms with Crippen LogP contribution in [0.15, 0.2) is 24.3 Å². The standard InChI is InChI=1S/C15H20O4/c1-10(9-15(2,3)4)19-14(18)12-8-6-5-7-11(12)13(16)17/h5-8,10H,9H2,1-4H3,(H,16,17)/t10-/m1/s1. The summed E-state index contributed by atoms with van der Waals surface area (Å²) in [5.74, 6) is -1.72. The van der Waals surface area contributed by atoms with Crippen molar-refractivity contribution in [2.75, 3.05) is 0 Å². The number of carboxylic acid groups (broad SMARTS) is 1. The highest BCUT2D eigenvalue weighted by molar-refractivity contribution is 6.02. The Hall–Kier alpha value is -1.84. The summed E-state index contributed by atoms with van der Waals surface area (Å²) >= 11 is 0. The lowest BCUT2D eigenvalue weighted by atomic mass is 9.90. The molecule has 4 heteroatoms. The Morgan fingerprint density at radius 1 is 1.21 bits per heavy atom. The minimum atomic E-state index is -1.13. The largest absolute Gasteiger partial charge is 0.478 e. The molecule has 0 heterocycles. The SMILES string of the molecule is C[C@H](CC(C)(C)C)OC(=O)c1ccccc1C(=O)O. The van der Waals surface area contributed by atoms with Crippen molar-refractivity contribution in [3.63, 3.8) is 0 Å². The smallest absolute Gasteiger partial charge is 0.339 e. The molecule has 0 radical (unpaired) electrons. The zero-order chi connectivity index (χ0) is 14.6. The van der Waals surface area contributed by atoms with Crippen LogP contribution in [-0.2, 0) is 4.74 Å². The number of carboxylic acids is 1. The lowest BCUT2D eigenvalue weighted by Gasteiger charge is -2.23. The van der Waals surface area contributed by atoms with Crippen LogP contribution < -0.4 is 0 Å². The second kappa shape index (κ2) is 5.87. The van der Waals surface area contributed by atoms with Gasteiger partial charge in [-0.05, 0) is 30.9 Å².